The van der Waals surface area contributed by atoms with E-state index in [-0.39, 0.29) is 6.03 Å². The minimum Gasteiger partial charge on any atom is -0.495 e. The maximum Gasteiger partial charge on any atom is 0.322 e. The number of nitrogens with one attached hydrogen (secondary N) is 1. The number of benzene rings is 1. The summed E-state index contributed by atoms with van der Waals surface area (Å²) in [6.07, 6.45) is 3.52. The number of likely N-dealkylation sites (N-methyl/N-ethyl adjacent to an activating group) is 1. The van der Waals surface area contributed by atoms with Gasteiger partial charge in [0.05, 0.1) is 12.8 Å². The number of carbonyl (C=O) groups excluding carboxylic acids is 1. The van der Waals surface area contributed by atoms with Crippen molar-refractivity contribution in [2.24, 2.45) is 0 Å². The molecule has 1 aromatic rings. The molecule has 2 heterocycles. The van der Waals surface area contributed by atoms with Gasteiger partial charge < -0.3 is 15.0 Å². The van der Waals surface area contributed by atoms with Gasteiger partial charge in [0.1, 0.15) is 5.75 Å². The Kier molecular flexibility index (Phi) is 4.25. The average molecular weight is 303 g/mol. The van der Waals surface area contributed by atoms with Crippen molar-refractivity contribution in [1.82, 2.24) is 9.80 Å². The molecule has 0 spiro atoms. The Balaban J connectivity index is 1.73. The highest BCUT2D eigenvalue weighted by Gasteiger charge is 2.36. The molecule has 2 aliphatic rings. The Morgan fingerprint density at radius 1 is 1.27 bits per heavy atom. The predicted octanol–water partition coefficient (Wildman–Crippen LogP) is 2.70. The number of fused-ring (bicyclic) bond motifs is 2. The molecular formula is C17H25N3O2. The summed E-state index contributed by atoms with van der Waals surface area (Å²) in [6.45, 7) is 3.62. The van der Waals surface area contributed by atoms with Crippen molar-refractivity contribution in [2.45, 2.75) is 38.3 Å². The zero-order valence-electron chi connectivity index (χ0n) is 13.6. The minimum atomic E-state index is -0.0199. The maximum absolute atomic E-state index is 12.7. The fourth-order valence-electron chi connectivity index (χ4n) is 3.65. The third kappa shape index (κ3) is 2.77. The number of urea groups is 1. The molecule has 0 saturated carbocycles. The molecule has 1 aromatic carbocycles. The van der Waals surface area contributed by atoms with Gasteiger partial charge in [-0.2, -0.15) is 0 Å². The molecule has 1 N–H and O–H groups in total. The van der Waals surface area contributed by atoms with E-state index < -0.39 is 0 Å². The van der Waals surface area contributed by atoms with E-state index >= 15 is 0 Å². The lowest BCUT2D eigenvalue weighted by molar-refractivity contribution is 0.200. The number of ether oxygens (including phenoxy) is 1. The van der Waals surface area contributed by atoms with Gasteiger partial charge in [-0.15, -0.1) is 0 Å². The van der Waals surface area contributed by atoms with Gasteiger partial charge in [-0.05, 0) is 44.9 Å². The van der Waals surface area contributed by atoms with Crippen LogP contribution < -0.4 is 10.1 Å². The van der Waals surface area contributed by atoms with E-state index in [1.165, 1.54) is 12.8 Å². The van der Waals surface area contributed by atoms with Gasteiger partial charge in [0, 0.05) is 25.2 Å². The number of rotatable bonds is 2. The van der Waals surface area contributed by atoms with Crippen molar-refractivity contribution in [3.63, 3.8) is 0 Å². The smallest absolute Gasteiger partial charge is 0.322 e. The van der Waals surface area contributed by atoms with Gasteiger partial charge in [0.25, 0.3) is 0 Å². The molecule has 2 fully saturated rings. The zero-order valence-corrected chi connectivity index (χ0v) is 13.6. The van der Waals surface area contributed by atoms with Crippen LogP contribution in [0, 0.1) is 6.92 Å². The molecular weight excluding hydrogens is 278 g/mol. The molecule has 2 amide bonds. The number of amides is 2. The number of anilines is 1. The first-order valence-electron chi connectivity index (χ1n) is 8.01. The number of aryl methyl sites for hydroxylation is 1. The summed E-state index contributed by atoms with van der Waals surface area (Å²) in [7, 11) is 3.82. The summed E-state index contributed by atoms with van der Waals surface area (Å²) in [5.74, 6) is 0.710. The lowest BCUT2D eigenvalue weighted by Crippen LogP contribution is -2.41. The fraction of sp³-hybridized carbons (Fsp3) is 0.588. The van der Waals surface area contributed by atoms with Crippen LogP contribution in [0.5, 0.6) is 5.75 Å². The second kappa shape index (κ2) is 6.16. The molecule has 120 valence electrons. The number of para-hydroxylation sites is 1. The Morgan fingerprint density at radius 2 is 2.05 bits per heavy atom. The van der Waals surface area contributed by atoms with Crippen LogP contribution in [0.15, 0.2) is 18.2 Å². The van der Waals surface area contributed by atoms with Crippen LogP contribution in [-0.2, 0) is 0 Å². The van der Waals surface area contributed by atoms with Gasteiger partial charge in [-0.3, -0.25) is 4.90 Å². The van der Waals surface area contributed by atoms with Crippen molar-refractivity contribution >= 4 is 11.7 Å². The van der Waals surface area contributed by atoms with Crippen LogP contribution >= 0.6 is 0 Å². The lowest BCUT2D eigenvalue weighted by atomic mass is 10.1. The van der Waals surface area contributed by atoms with Gasteiger partial charge >= 0.3 is 6.03 Å². The molecule has 2 aliphatic heterocycles. The van der Waals surface area contributed by atoms with Gasteiger partial charge in [-0.25, -0.2) is 4.79 Å². The number of nitrogens with zero attached hydrogens (tertiary/aromatic N) is 2. The highest BCUT2D eigenvalue weighted by molar-refractivity contribution is 5.92. The normalized spacial score (nSPS) is 25.0. The molecule has 2 atom stereocenters. The van der Waals surface area contributed by atoms with Crippen molar-refractivity contribution in [1.29, 1.82) is 0 Å². The molecule has 2 unspecified atom stereocenters. The Hall–Kier alpha value is -1.75. The molecule has 3 rings (SSSR count). The Morgan fingerprint density at radius 3 is 2.82 bits per heavy atom. The largest absolute Gasteiger partial charge is 0.495 e. The van der Waals surface area contributed by atoms with Crippen molar-refractivity contribution in [3.05, 3.63) is 23.8 Å². The molecule has 0 radical (unpaired) electrons. The SMILES string of the molecule is COc1cccc(C)c1NC(=O)N1CCC2CCC(C1)N2C. The van der Waals surface area contributed by atoms with E-state index in [0.29, 0.717) is 17.8 Å². The van der Waals surface area contributed by atoms with Gasteiger partial charge in [0.2, 0.25) is 0 Å². The third-order valence-corrected chi connectivity index (χ3v) is 5.12. The van der Waals surface area contributed by atoms with E-state index in [1.54, 1.807) is 7.11 Å². The topological polar surface area (TPSA) is 44.8 Å². The number of carbonyl (C=O) groups is 1. The summed E-state index contributed by atoms with van der Waals surface area (Å²) >= 11 is 0. The first-order valence-corrected chi connectivity index (χ1v) is 8.01. The second-order valence-corrected chi connectivity index (χ2v) is 6.37. The summed E-state index contributed by atoms with van der Waals surface area (Å²) in [6, 6.07) is 6.90. The van der Waals surface area contributed by atoms with Crippen molar-refractivity contribution in [3.8, 4) is 5.75 Å². The number of methoxy groups -OCH3 is 1. The van der Waals surface area contributed by atoms with Crippen LogP contribution in [0.2, 0.25) is 0 Å². The Labute approximate surface area is 132 Å². The van der Waals surface area contributed by atoms with Crippen molar-refractivity contribution < 1.29 is 9.53 Å². The lowest BCUT2D eigenvalue weighted by Gasteiger charge is -2.26. The average Bonchev–Trinajstić information content (AvgIpc) is 2.74. The third-order valence-electron chi connectivity index (χ3n) is 5.12. The molecule has 0 aliphatic carbocycles. The van der Waals surface area contributed by atoms with Crippen LogP contribution in [0.1, 0.15) is 24.8 Å². The Bertz CT molecular complexity index is 561. The van der Waals surface area contributed by atoms with E-state index in [2.05, 4.69) is 17.3 Å². The maximum atomic E-state index is 12.7. The number of hydrogen-bond donors (Lipinski definition) is 1. The molecule has 0 aromatic heterocycles. The highest BCUT2D eigenvalue weighted by atomic mass is 16.5. The van der Waals surface area contributed by atoms with Gasteiger partial charge in [0.15, 0.2) is 0 Å². The van der Waals surface area contributed by atoms with Crippen LogP contribution in [0.3, 0.4) is 0 Å². The summed E-state index contributed by atoms with van der Waals surface area (Å²) in [5, 5.41) is 3.05. The van der Waals surface area contributed by atoms with Crippen molar-refractivity contribution in [2.75, 3.05) is 32.6 Å². The zero-order chi connectivity index (χ0) is 15.7. The van der Waals surface area contributed by atoms with Crippen LogP contribution in [0.25, 0.3) is 0 Å². The first-order chi connectivity index (χ1) is 10.6. The van der Waals surface area contributed by atoms with E-state index in [9.17, 15) is 4.79 Å². The van der Waals surface area contributed by atoms with Crippen LogP contribution in [-0.4, -0.2) is 55.2 Å². The fourth-order valence-corrected chi connectivity index (χ4v) is 3.65. The van der Waals surface area contributed by atoms with E-state index in [4.69, 9.17) is 4.74 Å². The first kappa shape index (κ1) is 15.2. The molecule has 5 heteroatoms. The summed E-state index contributed by atoms with van der Waals surface area (Å²) < 4.78 is 5.36. The summed E-state index contributed by atoms with van der Waals surface area (Å²) in [4.78, 5) is 17.1. The second-order valence-electron chi connectivity index (χ2n) is 6.37. The van der Waals surface area contributed by atoms with Gasteiger partial charge in [-0.1, -0.05) is 12.1 Å². The molecule has 2 saturated heterocycles. The molecule has 5 nitrogen and oxygen atoms in total. The molecule has 2 bridgehead atoms. The van der Waals surface area contributed by atoms with Crippen LogP contribution in [0.4, 0.5) is 10.5 Å². The van der Waals surface area contributed by atoms with E-state index in [1.807, 2.05) is 30.0 Å². The molecule has 22 heavy (non-hydrogen) atoms. The van der Waals surface area contributed by atoms with E-state index in [0.717, 1.165) is 30.8 Å². The summed E-state index contributed by atoms with van der Waals surface area (Å²) in [5.41, 5.74) is 1.79. The highest BCUT2D eigenvalue weighted by Crippen LogP contribution is 2.30. The minimum absolute atomic E-state index is 0.0199. The quantitative estimate of drug-likeness (QED) is 0.913. The number of hydrogen-bond acceptors (Lipinski definition) is 3. The number of likely N-dealkylation sites (tertiary alicyclic amines) is 1. The predicted molar refractivity (Wildman–Crippen MR) is 87.5 cm³/mol. The monoisotopic (exact) mass is 303 g/mol. The standard InChI is InChI=1S/C17H25N3O2/c1-12-5-4-6-15(22-3)16(12)18-17(21)20-10-9-13-7-8-14(11-20)19(13)2/h4-6,13-14H,7-11H2,1-3H3,(H,18,21).